The first kappa shape index (κ1) is 15.9. The lowest BCUT2D eigenvalue weighted by Crippen LogP contribution is -2.26. The fourth-order valence-corrected chi connectivity index (χ4v) is 3.32. The molecule has 0 saturated carbocycles. The number of carbonyl (C=O) groups is 2. The Bertz CT molecular complexity index is 653. The van der Waals surface area contributed by atoms with Gasteiger partial charge in [-0.25, -0.2) is 9.78 Å². The van der Waals surface area contributed by atoms with Crippen molar-refractivity contribution in [2.24, 2.45) is 0 Å². The summed E-state index contributed by atoms with van der Waals surface area (Å²) in [6, 6.07) is 3.47. The Kier molecular flexibility index (Phi) is 5.33. The predicted molar refractivity (Wildman–Crippen MR) is 83.3 cm³/mol. The smallest absolute Gasteiger partial charge is 0.367 e. The number of carbonyl (C=O) groups excluding carboxylic acids is 2. The zero-order valence-electron chi connectivity index (χ0n) is 11.4. The molecular weight excluding hydrogens is 332 g/mol. The number of nitrogens with one attached hydrogen (secondary N) is 1. The van der Waals surface area contributed by atoms with E-state index in [0.29, 0.717) is 4.34 Å². The number of thiophene rings is 1. The van der Waals surface area contributed by atoms with Crippen molar-refractivity contribution in [1.82, 2.24) is 10.3 Å². The van der Waals surface area contributed by atoms with Crippen molar-refractivity contribution in [3.63, 3.8) is 0 Å². The topological polar surface area (TPSA) is 68.3 Å². The summed E-state index contributed by atoms with van der Waals surface area (Å²) in [4.78, 5) is 28.5. The van der Waals surface area contributed by atoms with Crippen molar-refractivity contribution in [1.29, 1.82) is 0 Å². The van der Waals surface area contributed by atoms with Gasteiger partial charge < -0.3 is 10.1 Å². The van der Waals surface area contributed by atoms with Crippen LogP contribution in [0.3, 0.4) is 0 Å². The molecule has 2 aromatic rings. The van der Waals surface area contributed by atoms with E-state index in [-0.39, 0.29) is 29.3 Å². The van der Waals surface area contributed by atoms with E-state index in [1.807, 2.05) is 13.0 Å². The Hall–Kier alpha value is -1.44. The molecule has 0 aliphatic rings. The average molecular weight is 345 g/mol. The van der Waals surface area contributed by atoms with Gasteiger partial charge in [-0.3, -0.25) is 4.79 Å². The lowest BCUT2D eigenvalue weighted by atomic mass is 10.2. The number of aromatic nitrogens is 1. The van der Waals surface area contributed by atoms with E-state index in [9.17, 15) is 9.59 Å². The molecule has 21 heavy (non-hydrogen) atoms. The highest BCUT2D eigenvalue weighted by Crippen LogP contribution is 2.26. The molecule has 0 aromatic carbocycles. The highest BCUT2D eigenvalue weighted by molar-refractivity contribution is 7.16. The molecule has 2 aromatic heterocycles. The molecule has 2 heterocycles. The molecule has 0 radical (unpaired) electrons. The zero-order valence-corrected chi connectivity index (χ0v) is 13.8. The SMILES string of the molecule is CCOC(=O)c1nc(C(=O)NC(C)c2ccc(Cl)s2)cs1. The summed E-state index contributed by atoms with van der Waals surface area (Å²) in [6.45, 7) is 3.85. The number of nitrogens with zero attached hydrogens (tertiary/aromatic N) is 1. The van der Waals surface area contributed by atoms with Crippen molar-refractivity contribution in [2.75, 3.05) is 6.61 Å². The maximum Gasteiger partial charge on any atom is 0.367 e. The predicted octanol–water partition coefficient (Wildman–Crippen LogP) is 3.53. The normalized spacial score (nSPS) is 12.0. The van der Waals surface area contributed by atoms with Crippen LogP contribution >= 0.6 is 34.3 Å². The van der Waals surface area contributed by atoms with Crippen LogP contribution in [-0.4, -0.2) is 23.5 Å². The van der Waals surface area contributed by atoms with Crippen LogP contribution in [0.2, 0.25) is 4.34 Å². The first-order valence-corrected chi connectivity index (χ1v) is 8.27. The van der Waals surface area contributed by atoms with Crippen molar-refractivity contribution in [3.8, 4) is 0 Å². The molecule has 0 spiro atoms. The molecule has 8 heteroatoms. The second-order valence-electron chi connectivity index (χ2n) is 4.10. The lowest BCUT2D eigenvalue weighted by Gasteiger charge is -2.10. The molecule has 1 amide bonds. The number of thiazole rings is 1. The fraction of sp³-hybridized carbons (Fsp3) is 0.308. The maximum absolute atomic E-state index is 12.1. The van der Waals surface area contributed by atoms with Crippen molar-refractivity contribution >= 4 is 46.2 Å². The van der Waals surface area contributed by atoms with E-state index < -0.39 is 5.97 Å². The Morgan fingerprint density at radius 2 is 2.24 bits per heavy atom. The molecule has 1 N–H and O–H groups in total. The van der Waals surface area contributed by atoms with Crippen LogP contribution in [0.4, 0.5) is 0 Å². The highest BCUT2D eigenvalue weighted by Gasteiger charge is 2.18. The van der Waals surface area contributed by atoms with E-state index in [4.69, 9.17) is 16.3 Å². The molecule has 2 rings (SSSR count). The van der Waals surface area contributed by atoms with Crippen LogP contribution in [0.25, 0.3) is 0 Å². The Morgan fingerprint density at radius 1 is 1.48 bits per heavy atom. The van der Waals surface area contributed by atoms with Crippen LogP contribution in [-0.2, 0) is 4.74 Å². The third-order valence-electron chi connectivity index (χ3n) is 2.56. The van der Waals surface area contributed by atoms with Crippen LogP contribution in [0.15, 0.2) is 17.5 Å². The van der Waals surface area contributed by atoms with Gasteiger partial charge in [0.1, 0.15) is 5.69 Å². The largest absolute Gasteiger partial charge is 0.461 e. The van der Waals surface area contributed by atoms with Gasteiger partial charge in [-0.2, -0.15) is 0 Å². The third kappa shape index (κ3) is 4.03. The lowest BCUT2D eigenvalue weighted by molar-refractivity contribution is 0.0526. The molecule has 5 nitrogen and oxygen atoms in total. The van der Waals surface area contributed by atoms with Gasteiger partial charge in [0.15, 0.2) is 0 Å². The Labute approximate surface area is 134 Å². The summed E-state index contributed by atoms with van der Waals surface area (Å²) in [6.07, 6.45) is 0. The van der Waals surface area contributed by atoms with E-state index in [1.165, 1.54) is 16.7 Å². The van der Waals surface area contributed by atoms with Crippen LogP contribution in [0, 0.1) is 0 Å². The van der Waals surface area contributed by atoms with Gasteiger partial charge in [-0.15, -0.1) is 22.7 Å². The molecule has 1 atom stereocenters. The highest BCUT2D eigenvalue weighted by atomic mass is 35.5. The van der Waals surface area contributed by atoms with Gasteiger partial charge >= 0.3 is 5.97 Å². The first-order valence-electron chi connectivity index (χ1n) is 6.20. The first-order chi connectivity index (χ1) is 10.0. The number of halogens is 1. The standard InChI is InChI=1S/C13H13ClN2O3S2/c1-3-19-13(18)12-16-8(6-20-12)11(17)15-7(2)9-4-5-10(14)21-9/h4-7H,3H2,1-2H3,(H,15,17). The monoisotopic (exact) mass is 344 g/mol. The van der Waals surface area contributed by atoms with E-state index in [1.54, 1.807) is 13.0 Å². The Morgan fingerprint density at radius 3 is 2.86 bits per heavy atom. The van der Waals surface area contributed by atoms with Gasteiger partial charge in [0.05, 0.1) is 17.0 Å². The molecule has 112 valence electrons. The van der Waals surface area contributed by atoms with Gasteiger partial charge in [-0.1, -0.05) is 11.6 Å². The maximum atomic E-state index is 12.1. The number of ether oxygens (including phenoxy) is 1. The van der Waals surface area contributed by atoms with Gasteiger partial charge in [-0.05, 0) is 26.0 Å². The molecule has 1 unspecified atom stereocenters. The number of esters is 1. The molecule has 0 aliphatic heterocycles. The number of amides is 1. The van der Waals surface area contributed by atoms with Crippen molar-refractivity contribution in [3.05, 3.63) is 37.4 Å². The van der Waals surface area contributed by atoms with E-state index >= 15 is 0 Å². The summed E-state index contributed by atoms with van der Waals surface area (Å²) in [5.41, 5.74) is 0.206. The minimum atomic E-state index is -0.514. The number of rotatable bonds is 5. The molecule has 0 bridgehead atoms. The van der Waals surface area contributed by atoms with E-state index in [0.717, 1.165) is 16.2 Å². The minimum absolute atomic E-state index is 0.175. The average Bonchev–Trinajstić information content (AvgIpc) is 3.07. The molecular formula is C13H13ClN2O3S2. The van der Waals surface area contributed by atoms with Gasteiger partial charge in [0.25, 0.3) is 5.91 Å². The van der Waals surface area contributed by atoms with E-state index in [2.05, 4.69) is 10.3 Å². The minimum Gasteiger partial charge on any atom is -0.461 e. The summed E-state index contributed by atoms with van der Waals surface area (Å²) in [7, 11) is 0. The summed E-state index contributed by atoms with van der Waals surface area (Å²) in [5.74, 6) is -0.849. The van der Waals surface area contributed by atoms with Crippen LogP contribution in [0.1, 0.15) is 45.1 Å². The number of hydrogen-bond donors (Lipinski definition) is 1. The second-order valence-corrected chi connectivity index (χ2v) is 6.70. The van der Waals surface area contributed by atoms with Crippen molar-refractivity contribution in [2.45, 2.75) is 19.9 Å². The molecule has 0 saturated heterocycles. The van der Waals surface area contributed by atoms with Crippen LogP contribution < -0.4 is 5.32 Å². The quantitative estimate of drug-likeness (QED) is 0.842. The van der Waals surface area contributed by atoms with Crippen molar-refractivity contribution < 1.29 is 14.3 Å². The molecule has 0 aliphatic carbocycles. The zero-order chi connectivity index (χ0) is 15.4. The Balaban J connectivity index is 2.02. The van der Waals surface area contributed by atoms with Gasteiger partial charge in [0.2, 0.25) is 5.01 Å². The van der Waals surface area contributed by atoms with Crippen LogP contribution in [0.5, 0.6) is 0 Å². The summed E-state index contributed by atoms with van der Waals surface area (Å²) >= 11 is 8.37. The molecule has 0 fully saturated rings. The summed E-state index contributed by atoms with van der Waals surface area (Å²) in [5, 5.41) is 4.53. The summed E-state index contributed by atoms with van der Waals surface area (Å²) < 4.78 is 5.51. The number of hydrogen-bond acceptors (Lipinski definition) is 6. The van der Waals surface area contributed by atoms with Gasteiger partial charge in [0, 0.05) is 10.3 Å². The fourth-order valence-electron chi connectivity index (χ4n) is 1.57. The third-order valence-corrected chi connectivity index (χ3v) is 4.79. The second kappa shape index (κ2) is 7.02.